The molecule has 1 aromatic rings. The van der Waals surface area contributed by atoms with Gasteiger partial charge in [0.2, 0.25) is 0 Å². The van der Waals surface area contributed by atoms with Crippen LogP contribution in [0.25, 0.3) is 0 Å². The molecule has 19 heavy (non-hydrogen) atoms. The molecule has 0 aromatic carbocycles. The molecular formula is C16H20O3. The zero-order valence-corrected chi connectivity index (χ0v) is 11.9. The third-order valence-electron chi connectivity index (χ3n) is 4.62. The van der Waals surface area contributed by atoms with Crippen molar-refractivity contribution in [2.75, 3.05) is 0 Å². The molecule has 0 saturated heterocycles. The van der Waals surface area contributed by atoms with E-state index in [2.05, 4.69) is 33.6 Å². The SMILES string of the molecule is C#CCc1cc(COC(=O)C2C(C)(C)C2(C)C)co1. The zero-order valence-electron chi connectivity index (χ0n) is 11.9. The highest BCUT2D eigenvalue weighted by Crippen LogP contribution is 2.68. The van der Waals surface area contributed by atoms with Crippen LogP contribution in [0.2, 0.25) is 0 Å². The first-order chi connectivity index (χ1) is 8.80. The molecule has 0 unspecified atom stereocenters. The number of hydrogen-bond donors (Lipinski definition) is 0. The number of terminal acetylenes is 1. The van der Waals surface area contributed by atoms with E-state index >= 15 is 0 Å². The molecule has 0 amide bonds. The minimum absolute atomic E-state index is 0.00904. The summed E-state index contributed by atoms with van der Waals surface area (Å²) in [7, 11) is 0. The van der Waals surface area contributed by atoms with Gasteiger partial charge in [-0.3, -0.25) is 4.79 Å². The van der Waals surface area contributed by atoms with E-state index in [1.54, 1.807) is 6.26 Å². The normalized spacial score (nSPS) is 19.7. The largest absolute Gasteiger partial charge is 0.468 e. The predicted molar refractivity (Wildman–Crippen MR) is 72.1 cm³/mol. The van der Waals surface area contributed by atoms with Gasteiger partial charge in [0, 0.05) is 5.56 Å². The van der Waals surface area contributed by atoms with Gasteiger partial charge in [-0.25, -0.2) is 0 Å². The van der Waals surface area contributed by atoms with Crippen LogP contribution in [0.5, 0.6) is 0 Å². The van der Waals surface area contributed by atoms with Crippen LogP contribution in [-0.4, -0.2) is 5.97 Å². The number of carbonyl (C=O) groups excluding carboxylic acids is 1. The quantitative estimate of drug-likeness (QED) is 0.616. The number of carbonyl (C=O) groups is 1. The fourth-order valence-electron chi connectivity index (χ4n) is 2.72. The van der Waals surface area contributed by atoms with E-state index in [-0.39, 0.29) is 29.3 Å². The highest BCUT2D eigenvalue weighted by atomic mass is 16.5. The van der Waals surface area contributed by atoms with Crippen molar-refractivity contribution in [3.8, 4) is 12.3 Å². The Morgan fingerprint density at radius 3 is 2.58 bits per heavy atom. The maximum absolute atomic E-state index is 12.1. The molecule has 1 heterocycles. The topological polar surface area (TPSA) is 39.4 Å². The molecule has 1 aliphatic rings. The Morgan fingerprint density at radius 1 is 1.42 bits per heavy atom. The van der Waals surface area contributed by atoms with Crippen molar-refractivity contribution in [1.29, 1.82) is 0 Å². The van der Waals surface area contributed by atoms with Gasteiger partial charge >= 0.3 is 5.97 Å². The molecule has 102 valence electrons. The highest BCUT2D eigenvalue weighted by molar-refractivity contribution is 5.78. The molecule has 3 heteroatoms. The molecule has 0 radical (unpaired) electrons. The maximum atomic E-state index is 12.1. The van der Waals surface area contributed by atoms with Crippen molar-refractivity contribution in [1.82, 2.24) is 0 Å². The summed E-state index contributed by atoms with van der Waals surface area (Å²) >= 11 is 0. The smallest absolute Gasteiger partial charge is 0.310 e. The molecule has 0 N–H and O–H groups in total. The van der Waals surface area contributed by atoms with Crippen LogP contribution in [0.3, 0.4) is 0 Å². The molecular weight excluding hydrogens is 240 g/mol. The van der Waals surface area contributed by atoms with Crippen LogP contribution in [0, 0.1) is 29.1 Å². The summed E-state index contributed by atoms with van der Waals surface area (Å²) in [5.41, 5.74) is 0.861. The van der Waals surface area contributed by atoms with Crippen LogP contribution in [0.15, 0.2) is 16.7 Å². The molecule has 3 nitrogen and oxygen atoms in total. The summed E-state index contributed by atoms with van der Waals surface area (Å²) in [5, 5.41) is 0. The van der Waals surface area contributed by atoms with Gasteiger partial charge in [0.15, 0.2) is 0 Å². The second-order valence-electron chi connectivity index (χ2n) is 6.29. The molecule has 1 aromatic heterocycles. The average molecular weight is 260 g/mol. The zero-order chi connectivity index (χ0) is 14.3. The minimum atomic E-state index is -0.130. The first-order valence-electron chi connectivity index (χ1n) is 6.47. The Balaban J connectivity index is 1.90. The molecule has 0 aliphatic heterocycles. The highest BCUT2D eigenvalue weighted by Gasteiger charge is 2.69. The number of rotatable bonds is 4. The molecule has 2 rings (SSSR count). The first-order valence-corrected chi connectivity index (χ1v) is 6.47. The first kappa shape index (κ1) is 13.7. The van der Waals surface area contributed by atoms with Crippen LogP contribution >= 0.6 is 0 Å². The Kier molecular flexibility index (Phi) is 3.22. The molecule has 0 atom stereocenters. The number of hydrogen-bond acceptors (Lipinski definition) is 3. The summed E-state index contributed by atoms with van der Waals surface area (Å²) in [6.07, 6.45) is 7.25. The minimum Gasteiger partial charge on any atom is -0.468 e. The van der Waals surface area contributed by atoms with E-state index in [1.807, 2.05) is 6.07 Å². The Labute approximate surface area is 114 Å². The summed E-state index contributed by atoms with van der Waals surface area (Å²) < 4.78 is 10.6. The molecule has 0 bridgehead atoms. The Morgan fingerprint density at radius 2 is 2.05 bits per heavy atom. The van der Waals surface area contributed by atoms with E-state index in [1.165, 1.54) is 0 Å². The van der Waals surface area contributed by atoms with Gasteiger partial charge in [-0.05, 0) is 16.9 Å². The van der Waals surface area contributed by atoms with E-state index < -0.39 is 0 Å². The lowest BCUT2D eigenvalue weighted by molar-refractivity contribution is -0.148. The fraction of sp³-hybridized carbons (Fsp3) is 0.562. The van der Waals surface area contributed by atoms with E-state index in [4.69, 9.17) is 15.6 Å². The summed E-state index contributed by atoms with van der Waals surface area (Å²) in [5.74, 6) is 3.07. The standard InChI is InChI=1S/C16H20O3/c1-6-7-12-8-11(9-18-12)10-19-14(17)13-15(2,3)16(13,4)5/h1,8-9,13H,7,10H2,2-5H3. The number of esters is 1. The molecule has 1 aliphatic carbocycles. The summed E-state index contributed by atoms with van der Waals surface area (Å²) in [6, 6.07) is 1.83. The van der Waals surface area contributed by atoms with Gasteiger partial charge in [0.05, 0.1) is 18.6 Å². The Hall–Kier alpha value is -1.69. The van der Waals surface area contributed by atoms with E-state index in [0.717, 1.165) is 11.3 Å². The lowest BCUT2D eigenvalue weighted by Gasteiger charge is -2.03. The lowest BCUT2D eigenvalue weighted by atomic mass is 10.0. The third kappa shape index (κ3) is 2.28. The number of ether oxygens (including phenoxy) is 1. The number of furan rings is 1. The van der Waals surface area contributed by atoms with Crippen molar-refractivity contribution in [2.24, 2.45) is 16.7 Å². The maximum Gasteiger partial charge on any atom is 0.310 e. The van der Waals surface area contributed by atoms with E-state index in [9.17, 15) is 4.79 Å². The second-order valence-corrected chi connectivity index (χ2v) is 6.29. The van der Waals surface area contributed by atoms with Gasteiger partial charge in [0.25, 0.3) is 0 Å². The van der Waals surface area contributed by atoms with Gasteiger partial charge in [-0.2, -0.15) is 0 Å². The fourth-order valence-corrected chi connectivity index (χ4v) is 2.72. The monoisotopic (exact) mass is 260 g/mol. The van der Waals surface area contributed by atoms with Gasteiger partial charge in [-0.15, -0.1) is 6.42 Å². The predicted octanol–water partition coefficient (Wildman–Crippen LogP) is 3.18. The van der Waals surface area contributed by atoms with Crippen molar-refractivity contribution < 1.29 is 13.9 Å². The third-order valence-corrected chi connectivity index (χ3v) is 4.62. The summed E-state index contributed by atoms with van der Waals surface area (Å²) in [6.45, 7) is 8.64. The van der Waals surface area contributed by atoms with Crippen LogP contribution in [0.4, 0.5) is 0 Å². The van der Waals surface area contributed by atoms with Gasteiger partial charge in [-0.1, -0.05) is 33.6 Å². The van der Waals surface area contributed by atoms with Crippen LogP contribution in [-0.2, 0) is 22.6 Å². The second kappa shape index (κ2) is 4.45. The molecule has 1 fully saturated rings. The van der Waals surface area contributed by atoms with Crippen LogP contribution in [0.1, 0.15) is 39.0 Å². The van der Waals surface area contributed by atoms with E-state index in [0.29, 0.717) is 6.42 Å². The van der Waals surface area contributed by atoms with Crippen molar-refractivity contribution in [3.63, 3.8) is 0 Å². The van der Waals surface area contributed by atoms with Crippen molar-refractivity contribution in [2.45, 2.75) is 40.7 Å². The molecule has 0 spiro atoms. The lowest BCUT2D eigenvalue weighted by Crippen LogP contribution is -2.11. The average Bonchev–Trinajstić information content (AvgIpc) is 2.67. The van der Waals surface area contributed by atoms with Crippen molar-refractivity contribution >= 4 is 5.97 Å². The van der Waals surface area contributed by atoms with Gasteiger partial charge < -0.3 is 9.15 Å². The summed E-state index contributed by atoms with van der Waals surface area (Å²) in [4.78, 5) is 12.1. The molecule has 1 saturated carbocycles. The van der Waals surface area contributed by atoms with Crippen molar-refractivity contribution in [3.05, 3.63) is 23.7 Å². The van der Waals surface area contributed by atoms with Crippen LogP contribution < -0.4 is 0 Å². The Bertz CT molecular complexity index is 514. The van der Waals surface area contributed by atoms with Gasteiger partial charge in [0.1, 0.15) is 12.4 Å².